The van der Waals surface area contributed by atoms with Crippen molar-refractivity contribution in [3.05, 3.63) is 106 Å². The van der Waals surface area contributed by atoms with Gasteiger partial charge in [0.05, 0.1) is 22.6 Å². The Bertz CT molecular complexity index is 1420. The smallest absolute Gasteiger partial charge is 0.266 e. The van der Waals surface area contributed by atoms with E-state index in [1.54, 1.807) is 4.57 Å². The average Bonchev–Trinajstić information content (AvgIpc) is 2.94. The minimum atomic E-state index is -0.405. The van der Waals surface area contributed by atoms with Gasteiger partial charge in [-0.15, -0.1) is 0 Å². The molecule has 5 nitrogen and oxygen atoms in total. The van der Waals surface area contributed by atoms with Crippen LogP contribution in [0.15, 0.2) is 77.6 Å². The molecule has 1 aromatic heterocycles. The van der Waals surface area contributed by atoms with Crippen molar-refractivity contribution in [2.45, 2.75) is 72.3 Å². The van der Waals surface area contributed by atoms with Gasteiger partial charge >= 0.3 is 0 Å². The molecule has 0 bridgehead atoms. The number of aromatic nitrogens is 2. The number of rotatable bonds is 11. The van der Waals surface area contributed by atoms with Gasteiger partial charge in [-0.25, -0.2) is 4.98 Å². The molecule has 1 heterocycles. The summed E-state index contributed by atoms with van der Waals surface area (Å²) in [5.74, 6) is 0.537. The molecular formula is C33H39N3O2. The van der Waals surface area contributed by atoms with Crippen LogP contribution in [-0.2, 0) is 6.42 Å². The summed E-state index contributed by atoms with van der Waals surface area (Å²) >= 11 is 0. The molecule has 0 spiro atoms. The molecule has 4 aromatic rings. The Morgan fingerprint density at radius 2 is 1.58 bits per heavy atom. The molecule has 198 valence electrons. The van der Waals surface area contributed by atoms with Crippen LogP contribution in [0.4, 0.5) is 0 Å². The maximum atomic E-state index is 13.9. The van der Waals surface area contributed by atoms with Gasteiger partial charge in [0, 0.05) is 12.1 Å². The van der Waals surface area contributed by atoms with E-state index in [-0.39, 0.29) is 11.5 Å². The molecule has 1 amide bonds. The Balaban J connectivity index is 1.79. The fourth-order valence-electron chi connectivity index (χ4n) is 4.88. The zero-order valence-electron chi connectivity index (χ0n) is 23.1. The average molecular weight is 510 g/mol. The third kappa shape index (κ3) is 6.04. The van der Waals surface area contributed by atoms with E-state index in [2.05, 4.69) is 26.0 Å². The van der Waals surface area contributed by atoms with Crippen molar-refractivity contribution in [3.8, 4) is 5.69 Å². The Morgan fingerprint density at radius 1 is 0.895 bits per heavy atom. The molecule has 0 fully saturated rings. The predicted molar refractivity (Wildman–Crippen MR) is 156 cm³/mol. The number of unbranched alkanes of at least 4 members (excludes halogenated alkanes) is 3. The van der Waals surface area contributed by atoms with Crippen LogP contribution in [0.5, 0.6) is 0 Å². The van der Waals surface area contributed by atoms with Crippen molar-refractivity contribution in [1.82, 2.24) is 14.5 Å². The third-order valence-corrected chi connectivity index (χ3v) is 7.22. The number of benzene rings is 3. The van der Waals surface area contributed by atoms with Gasteiger partial charge in [0.2, 0.25) is 0 Å². The molecular weight excluding hydrogens is 470 g/mol. The number of aryl methyl sites for hydroxylation is 2. The van der Waals surface area contributed by atoms with Crippen LogP contribution >= 0.6 is 0 Å². The summed E-state index contributed by atoms with van der Waals surface area (Å²) in [6.45, 7) is 8.95. The number of para-hydroxylation sites is 1. The van der Waals surface area contributed by atoms with Gasteiger partial charge in [-0.3, -0.25) is 14.2 Å². The van der Waals surface area contributed by atoms with Gasteiger partial charge in [-0.2, -0.15) is 0 Å². The SMILES string of the molecule is CCCCCN(C(=O)c1ccc(CCCC)cc1)C(C)c1nc2ccccc2c(=O)n1-c1ccc(C)cc1. The Hall–Kier alpha value is -3.73. The summed E-state index contributed by atoms with van der Waals surface area (Å²) in [7, 11) is 0. The molecule has 38 heavy (non-hydrogen) atoms. The molecule has 3 aromatic carbocycles. The molecule has 0 saturated heterocycles. The van der Waals surface area contributed by atoms with E-state index < -0.39 is 6.04 Å². The van der Waals surface area contributed by atoms with E-state index in [0.717, 1.165) is 49.8 Å². The van der Waals surface area contributed by atoms with Crippen LogP contribution in [0.3, 0.4) is 0 Å². The third-order valence-electron chi connectivity index (χ3n) is 7.22. The molecule has 4 rings (SSSR count). The van der Waals surface area contributed by atoms with Gasteiger partial charge < -0.3 is 4.90 Å². The maximum Gasteiger partial charge on any atom is 0.266 e. The predicted octanol–water partition coefficient (Wildman–Crippen LogP) is 7.43. The fraction of sp³-hybridized carbons (Fsp3) is 0.364. The normalized spacial score (nSPS) is 12.0. The van der Waals surface area contributed by atoms with Crippen LogP contribution in [0.2, 0.25) is 0 Å². The van der Waals surface area contributed by atoms with E-state index in [4.69, 9.17) is 4.98 Å². The Kier molecular flexibility index (Phi) is 9.11. The molecule has 0 aliphatic carbocycles. The van der Waals surface area contributed by atoms with Crippen molar-refractivity contribution in [3.63, 3.8) is 0 Å². The molecule has 0 N–H and O–H groups in total. The van der Waals surface area contributed by atoms with Gasteiger partial charge in [-0.05, 0) is 75.1 Å². The van der Waals surface area contributed by atoms with Crippen LogP contribution < -0.4 is 5.56 Å². The molecule has 0 saturated carbocycles. The van der Waals surface area contributed by atoms with Crippen molar-refractivity contribution in [1.29, 1.82) is 0 Å². The number of fused-ring (bicyclic) bond motifs is 1. The fourth-order valence-corrected chi connectivity index (χ4v) is 4.88. The highest BCUT2D eigenvalue weighted by Crippen LogP contribution is 2.25. The van der Waals surface area contributed by atoms with Gasteiger partial charge in [0.1, 0.15) is 5.82 Å². The first-order chi connectivity index (χ1) is 18.4. The lowest BCUT2D eigenvalue weighted by atomic mass is 10.0. The van der Waals surface area contributed by atoms with E-state index in [0.29, 0.717) is 28.8 Å². The second kappa shape index (κ2) is 12.7. The highest BCUT2D eigenvalue weighted by molar-refractivity contribution is 5.94. The summed E-state index contributed by atoms with van der Waals surface area (Å²) in [6, 6.07) is 22.9. The molecule has 5 heteroatoms. The number of carbonyl (C=O) groups excluding carboxylic acids is 1. The standard InChI is InChI=1S/C33H39N3O2/c1-5-7-11-23-35(32(37)27-19-17-26(18-20-27)12-8-6-2)25(4)31-34-30-14-10-9-13-29(30)33(38)36(31)28-21-15-24(3)16-22-28/h9-10,13-22,25H,5-8,11-12,23H2,1-4H3. The summed E-state index contributed by atoms with van der Waals surface area (Å²) in [4.78, 5) is 34.6. The quantitative estimate of drug-likeness (QED) is 0.198. The number of nitrogens with zero attached hydrogens (tertiary/aromatic N) is 3. The summed E-state index contributed by atoms with van der Waals surface area (Å²) < 4.78 is 1.68. The summed E-state index contributed by atoms with van der Waals surface area (Å²) in [6.07, 6.45) is 6.28. The van der Waals surface area contributed by atoms with Crippen molar-refractivity contribution >= 4 is 16.8 Å². The van der Waals surface area contributed by atoms with Gasteiger partial charge in [-0.1, -0.05) is 75.1 Å². The summed E-state index contributed by atoms with van der Waals surface area (Å²) in [5, 5.41) is 0.565. The largest absolute Gasteiger partial charge is 0.329 e. The van der Waals surface area contributed by atoms with Crippen LogP contribution in [0.25, 0.3) is 16.6 Å². The number of hydrogen-bond donors (Lipinski definition) is 0. The maximum absolute atomic E-state index is 13.9. The topological polar surface area (TPSA) is 55.2 Å². The lowest BCUT2D eigenvalue weighted by Crippen LogP contribution is -2.38. The minimum Gasteiger partial charge on any atom is -0.329 e. The zero-order chi connectivity index (χ0) is 27.1. The highest BCUT2D eigenvalue weighted by atomic mass is 16.2. The second-order valence-electron chi connectivity index (χ2n) is 10.1. The van der Waals surface area contributed by atoms with E-state index in [1.165, 1.54) is 5.56 Å². The van der Waals surface area contributed by atoms with Gasteiger partial charge in [0.15, 0.2) is 0 Å². The summed E-state index contributed by atoms with van der Waals surface area (Å²) in [5.41, 5.74) is 4.30. The van der Waals surface area contributed by atoms with E-state index >= 15 is 0 Å². The monoisotopic (exact) mass is 509 g/mol. The highest BCUT2D eigenvalue weighted by Gasteiger charge is 2.27. The lowest BCUT2D eigenvalue weighted by Gasteiger charge is -2.31. The first-order valence-electron chi connectivity index (χ1n) is 13.9. The molecule has 1 unspecified atom stereocenters. The lowest BCUT2D eigenvalue weighted by molar-refractivity contribution is 0.0677. The first-order valence-corrected chi connectivity index (χ1v) is 13.9. The molecule has 0 aliphatic rings. The molecule has 1 atom stereocenters. The van der Waals surface area contributed by atoms with Crippen molar-refractivity contribution in [2.75, 3.05) is 6.54 Å². The number of hydrogen-bond acceptors (Lipinski definition) is 3. The Labute approximate surface area is 226 Å². The second-order valence-corrected chi connectivity index (χ2v) is 10.1. The van der Waals surface area contributed by atoms with Crippen molar-refractivity contribution < 1.29 is 4.79 Å². The Morgan fingerprint density at radius 3 is 2.26 bits per heavy atom. The zero-order valence-corrected chi connectivity index (χ0v) is 23.1. The van der Waals surface area contributed by atoms with Crippen LogP contribution in [-0.4, -0.2) is 26.9 Å². The number of amides is 1. The van der Waals surface area contributed by atoms with Crippen LogP contribution in [0.1, 0.15) is 86.2 Å². The van der Waals surface area contributed by atoms with E-state index in [9.17, 15) is 9.59 Å². The van der Waals surface area contributed by atoms with Crippen molar-refractivity contribution in [2.24, 2.45) is 0 Å². The van der Waals surface area contributed by atoms with E-state index in [1.807, 2.05) is 79.4 Å². The van der Waals surface area contributed by atoms with Gasteiger partial charge in [0.25, 0.3) is 11.5 Å². The molecule has 0 aliphatic heterocycles. The molecule has 0 radical (unpaired) electrons. The first kappa shape index (κ1) is 27.3. The van der Waals surface area contributed by atoms with Crippen LogP contribution in [0, 0.1) is 6.92 Å². The minimum absolute atomic E-state index is 0.0338. The number of carbonyl (C=O) groups is 1.